The summed E-state index contributed by atoms with van der Waals surface area (Å²) < 4.78 is 9.87. The molecule has 2 rings (SSSR count). The summed E-state index contributed by atoms with van der Waals surface area (Å²) in [6, 6.07) is 12.3. The molecular weight excluding hydrogens is 292 g/mol. The van der Waals surface area contributed by atoms with Crippen molar-refractivity contribution >= 4 is 17.8 Å². The minimum Gasteiger partial charge on any atom is -0.496 e. The fourth-order valence-corrected chi connectivity index (χ4v) is 2.12. The fourth-order valence-electron chi connectivity index (χ4n) is 2.12. The number of ketones is 1. The number of carbonyl (C=O) groups excluding carboxylic acids is 2. The molecule has 0 aliphatic rings. The van der Waals surface area contributed by atoms with Crippen LogP contribution in [0.5, 0.6) is 5.75 Å². The van der Waals surface area contributed by atoms with E-state index in [0.29, 0.717) is 16.9 Å². The number of allylic oxidation sites excluding steroid dienone is 1. The molecule has 0 spiro atoms. The smallest absolute Gasteiger partial charge is 0.337 e. The molecular formula is C19H18O4. The maximum absolute atomic E-state index is 12.3. The van der Waals surface area contributed by atoms with Crippen molar-refractivity contribution in [3.8, 4) is 5.75 Å². The van der Waals surface area contributed by atoms with Crippen molar-refractivity contribution in [2.45, 2.75) is 6.92 Å². The van der Waals surface area contributed by atoms with Crippen molar-refractivity contribution in [3.63, 3.8) is 0 Å². The second kappa shape index (κ2) is 7.40. The van der Waals surface area contributed by atoms with Crippen LogP contribution in [-0.2, 0) is 4.74 Å². The average molecular weight is 310 g/mol. The van der Waals surface area contributed by atoms with E-state index in [1.54, 1.807) is 42.5 Å². The number of esters is 1. The third-order valence-corrected chi connectivity index (χ3v) is 3.38. The van der Waals surface area contributed by atoms with Crippen LogP contribution in [0.15, 0.2) is 48.5 Å². The molecule has 2 aromatic rings. The van der Waals surface area contributed by atoms with Crippen LogP contribution < -0.4 is 4.74 Å². The topological polar surface area (TPSA) is 52.6 Å². The van der Waals surface area contributed by atoms with Gasteiger partial charge in [-0.25, -0.2) is 4.79 Å². The number of aryl methyl sites for hydroxylation is 1. The summed E-state index contributed by atoms with van der Waals surface area (Å²) in [5.41, 5.74) is 2.80. The van der Waals surface area contributed by atoms with Gasteiger partial charge < -0.3 is 9.47 Å². The standard InChI is InChI=1S/C19H18O4/c1-13-4-11-18(22-2)16(12-13)17(20)10-7-14-5-8-15(9-6-14)19(21)23-3/h4-12H,1-3H3/b10-7+. The summed E-state index contributed by atoms with van der Waals surface area (Å²) in [5.74, 6) is 0.0231. The maximum atomic E-state index is 12.3. The van der Waals surface area contributed by atoms with E-state index in [9.17, 15) is 9.59 Å². The van der Waals surface area contributed by atoms with E-state index in [0.717, 1.165) is 11.1 Å². The van der Waals surface area contributed by atoms with Gasteiger partial charge in [0.25, 0.3) is 0 Å². The molecule has 0 heterocycles. The minimum atomic E-state index is -0.388. The molecule has 0 aliphatic heterocycles. The third kappa shape index (κ3) is 4.07. The van der Waals surface area contributed by atoms with Crippen molar-refractivity contribution < 1.29 is 19.1 Å². The Balaban J connectivity index is 2.18. The molecule has 0 aromatic heterocycles. The summed E-state index contributed by atoms with van der Waals surface area (Å²) in [4.78, 5) is 23.7. The van der Waals surface area contributed by atoms with Gasteiger partial charge >= 0.3 is 5.97 Å². The molecule has 4 heteroatoms. The van der Waals surface area contributed by atoms with E-state index in [4.69, 9.17) is 4.74 Å². The van der Waals surface area contributed by atoms with Gasteiger partial charge in [0.1, 0.15) is 5.75 Å². The highest BCUT2D eigenvalue weighted by atomic mass is 16.5. The minimum absolute atomic E-state index is 0.136. The Bertz CT molecular complexity index is 742. The summed E-state index contributed by atoms with van der Waals surface area (Å²) in [7, 11) is 2.88. The SMILES string of the molecule is COC(=O)c1ccc(/C=C/C(=O)c2cc(C)ccc2OC)cc1. The fraction of sp³-hybridized carbons (Fsp3) is 0.158. The predicted molar refractivity (Wildman–Crippen MR) is 88.9 cm³/mol. The van der Waals surface area contributed by atoms with Gasteiger partial charge in [0.2, 0.25) is 0 Å². The quantitative estimate of drug-likeness (QED) is 0.480. The Labute approximate surface area is 135 Å². The molecule has 0 atom stereocenters. The summed E-state index contributed by atoms with van der Waals surface area (Å²) >= 11 is 0. The Morgan fingerprint density at radius 2 is 1.70 bits per heavy atom. The lowest BCUT2D eigenvalue weighted by Crippen LogP contribution is -2.00. The number of hydrogen-bond acceptors (Lipinski definition) is 4. The van der Waals surface area contributed by atoms with E-state index in [1.165, 1.54) is 20.3 Å². The van der Waals surface area contributed by atoms with E-state index < -0.39 is 0 Å². The van der Waals surface area contributed by atoms with Crippen LogP contribution in [0.3, 0.4) is 0 Å². The number of benzene rings is 2. The first kappa shape index (κ1) is 16.5. The van der Waals surface area contributed by atoms with Gasteiger partial charge in [0, 0.05) is 0 Å². The molecule has 0 aliphatic carbocycles. The van der Waals surface area contributed by atoms with Gasteiger partial charge in [0.15, 0.2) is 5.78 Å². The van der Waals surface area contributed by atoms with Crippen LogP contribution >= 0.6 is 0 Å². The number of methoxy groups -OCH3 is 2. The van der Waals surface area contributed by atoms with Gasteiger partial charge in [0.05, 0.1) is 25.3 Å². The van der Waals surface area contributed by atoms with Gasteiger partial charge in [-0.15, -0.1) is 0 Å². The highest BCUT2D eigenvalue weighted by Crippen LogP contribution is 2.21. The number of rotatable bonds is 5. The lowest BCUT2D eigenvalue weighted by atomic mass is 10.0. The lowest BCUT2D eigenvalue weighted by Gasteiger charge is -2.06. The zero-order chi connectivity index (χ0) is 16.8. The molecule has 2 aromatic carbocycles. The molecule has 0 radical (unpaired) electrons. The first-order valence-corrected chi connectivity index (χ1v) is 7.10. The van der Waals surface area contributed by atoms with Crippen molar-refractivity contribution in [2.75, 3.05) is 14.2 Å². The number of hydrogen-bond donors (Lipinski definition) is 0. The van der Waals surface area contributed by atoms with Crippen molar-refractivity contribution in [1.29, 1.82) is 0 Å². The molecule has 23 heavy (non-hydrogen) atoms. The predicted octanol–water partition coefficient (Wildman–Crippen LogP) is 3.69. The van der Waals surface area contributed by atoms with Gasteiger partial charge in [-0.1, -0.05) is 29.8 Å². The average Bonchev–Trinajstić information content (AvgIpc) is 2.59. The first-order valence-electron chi connectivity index (χ1n) is 7.10. The van der Waals surface area contributed by atoms with E-state index in [1.807, 2.05) is 13.0 Å². The van der Waals surface area contributed by atoms with Gasteiger partial charge in [-0.2, -0.15) is 0 Å². The number of ether oxygens (including phenoxy) is 2. The van der Waals surface area contributed by atoms with Crippen LogP contribution in [0.4, 0.5) is 0 Å². The zero-order valence-electron chi connectivity index (χ0n) is 13.3. The van der Waals surface area contributed by atoms with Gasteiger partial charge in [-0.3, -0.25) is 4.79 Å². The summed E-state index contributed by atoms with van der Waals surface area (Å²) in [6.45, 7) is 1.92. The van der Waals surface area contributed by atoms with Crippen molar-refractivity contribution in [3.05, 3.63) is 70.8 Å². The van der Waals surface area contributed by atoms with Crippen LogP contribution in [0.1, 0.15) is 31.8 Å². The Morgan fingerprint density at radius 3 is 2.30 bits per heavy atom. The second-order valence-electron chi connectivity index (χ2n) is 5.01. The first-order chi connectivity index (χ1) is 11.0. The lowest BCUT2D eigenvalue weighted by molar-refractivity contribution is 0.0600. The summed E-state index contributed by atoms with van der Waals surface area (Å²) in [5, 5.41) is 0. The molecule has 0 unspecified atom stereocenters. The van der Waals surface area contributed by atoms with E-state index >= 15 is 0 Å². The molecule has 0 amide bonds. The van der Waals surface area contributed by atoms with Gasteiger partial charge in [-0.05, 0) is 42.8 Å². The van der Waals surface area contributed by atoms with Crippen molar-refractivity contribution in [2.24, 2.45) is 0 Å². The second-order valence-corrected chi connectivity index (χ2v) is 5.01. The Morgan fingerprint density at radius 1 is 1.00 bits per heavy atom. The molecule has 0 N–H and O–H groups in total. The van der Waals surface area contributed by atoms with Crippen LogP contribution in [0.25, 0.3) is 6.08 Å². The van der Waals surface area contributed by atoms with Crippen molar-refractivity contribution in [1.82, 2.24) is 0 Å². The molecule has 0 fully saturated rings. The Kier molecular flexibility index (Phi) is 5.31. The van der Waals surface area contributed by atoms with Crippen LogP contribution in [0, 0.1) is 6.92 Å². The van der Waals surface area contributed by atoms with E-state index in [-0.39, 0.29) is 11.8 Å². The molecule has 0 saturated heterocycles. The normalized spacial score (nSPS) is 10.6. The maximum Gasteiger partial charge on any atom is 0.337 e. The molecule has 4 nitrogen and oxygen atoms in total. The largest absolute Gasteiger partial charge is 0.496 e. The van der Waals surface area contributed by atoms with E-state index in [2.05, 4.69) is 4.74 Å². The molecule has 118 valence electrons. The highest BCUT2D eigenvalue weighted by molar-refractivity contribution is 6.08. The third-order valence-electron chi connectivity index (χ3n) is 3.38. The van der Waals surface area contributed by atoms with Crippen LogP contribution in [-0.4, -0.2) is 26.0 Å². The Hall–Kier alpha value is -2.88. The molecule has 0 bridgehead atoms. The number of carbonyl (C=O) groups is 2. The zero-order valence-corrected chi connectivity index (χ0v) is 13.3. The monoisotopic (exact) mass is 310 g/mol. The summed E-state index contributed by atoms with van der Waals surface area (Å²) in [6.07, 6.45) is 3.19. The highest BCUT2D eigenvalue weighted by Gasteiger charge is 2.09. The van der Waals surface area contributed by atoms with Crippen LogP contribution in [0.2, 0.25) is 0 Å². The molecule has 0 saturated carbocycles.